The van der Waals surface area contributed by atoms with Crippen LogP contribution in [0.3, 0.4) is 0 Å². The Balaban J connectivity index is 2.11. The molecule has 0 radical (unpaired) electrons. The molecule has 0 aliphatic rings. The van der Waals surface area contributed by atoms with Crippen LogP contribution in [-0.2, 0) is 35.6 Å². The lowest BCUT2D eigenvalue weighted by molar-refractivity contribution is -0.202. The average molecular weight is 547 g/mol. The van der Waals surface area contributed by atoms with Crippen molar-refractivity contribution in [2.45, 2.75) is 36.9 Å². The van der Waals surface area contributed by atoms with Gasteiger partial charge >= 0.3 is 18.1 Å². The molecule has 202 valence electrons. The second kappa shape index (κ2) is 13.0. The summed E-state index contributed by atoms with van der Waals surface area (Å²) in [4.78, 5) is 28.2. The smallest absolute Gasteiger partial charge is 0.491 e. The molecule has 0 spiro atoms. The maximum absolute atomic E-state index is 12.8. The number of alkyl halides is 3. The van der Waals surface area contributed by atoms with E-state index in [1.165, 1.54) is 42.5 Å². The zero-order chi connectivity index (χ0) is 27.6. The Bertz CT molecular complexity index is 1210. The predicted molar refractivity (Wildman–Crippen MR) is 124 cm³/mol. The van der Waals surface area contributed by atoms with E-state index in [-0.39, 0.29) is 24.1 Å². The second-order valence-electron chi connectivity index (χ2n) is 7.61. The van der Waals surface area contributed by atoms with E-state index in [2.05, 4.69) is 10.2 Å². The fourth-order valence-corrected chi connectivity index (χ4v) is 4.13. The van der Waals surface area contributed by atoms with Crippen molar-refractivity contribution in [2.24, 2.45) is 5.73 Å². The van der Waals surface area contributed by atoms with Crippen LogP contribution in [0.2, 0.25) is 0 Å². The van der Waals surface area contributed by atoms with Crippen LogP contribution >= 0.6 is 0 Å². The molecular formula is C22H25F3N4O7S. The molecule has 0 aliphatic carbocycles. The molecule has 11 nitrogen and oxygen atoms in total. The number of aryl methyl sites for hydroxylation is 1. The lowest BCUT2D eigenvalue weighted by Crippen LogP contribution is -2.45. The number of nitrogens with one attached hydrogen (secondary N) is 3. The molecule has 0 unspecified atom stereocenters. The van der Waals surface area contributed by atoms with E-state index in [1.54, 1.807) is 13.0 Å². The molecule has 0 fully saturated rings. The Morgan fingerprint density at radius 2 is 1.78 bits per heavy atom. The van der Waals surface area contributed by atoms with Gasteiger partial charge in [-0.15, -0.1) is 0 Å². The summed E-state index contributed by atoms with van der Waals surface area (Å²) < 4.78 is 74.7. The number of nitrogens with two attached hydrogens (primary N) is 1. The first-order valence-electron chi connectivity index (χ1n) is 10.6. The zero-order valence-electron chi connectivity index (χ0n) is 19.5. The van der Waals surface area contributed by atoms with Crippen LogP contribution in [0.1, 0.15) is 17.5 Å². The quantitative estimate of drug-likeness (QED) is 0.0773. The number of guanidine groups is 1. The third-order valence-electron chi connectivity index (χ3n) is 4.51. The topological polar surface area (TPSA) is 170 Å². The van der Waals surface area contributed by atoms with Gasteiger partial charge in [-0.2, -0.15) is 17.9 Å². The van der Waals surface area contributed by atoms with E-state index >= 15 is 0 Å². The first-order valence-corrected chi connectivity index (χ1v) is 12.1. The van der Waals surface area contributed by atoms with Crippen molar-refractivity contribution >= 4 is 27.9 Å². The standard InChI is InChI=1S/C22H25F3N4O7S/c1-14-4-2-5-17(12-14)37(32,33)29-18(19(30)36-20(31)22(23,24)25)13-15-6-8-16(9-7-15)34-10-3-11-35-28-21(26)27/h2,4-9,12,18,29H,3,10-11,13H2,1H3,(H4,26,27,28)/t18-/m0/s1. The van der Waals surface area contributed by atoms with Crippen molar-refractivity contribution in [1.29, 1.82) is 5.41 Å². The second-order valence-corrected chi connectivity index (χ2v) is 9.32. The molecule has 0 saturated carbocycles. The largest absolute Gasteiger partial charge is 0.494 e. The number of rotatable bonds is 12. The van der Waals surface area contributed by atoms with Crippen LogP contribution in [0.25, 0.3) is 0 Å². The van der Waals surface area contributed by atoms with E-state index in [0.29, 0.717) is 23.3 Å². The van der Waals surface area contributed by atoms with Crippen molar-refractivity contribution in [3.63, 3.8) is 0 Å². The molecule has 1 atom stereocenters. The molecule has 0 amide bonds. The molecule has 37 heavy (non-hydrogen) atoms. The van der Waals surface area contributed by atoms with Gasteiger partial charge in [0, 0.05) is 6.42 Å². The summed E-state index contributed by atoms with van der Waals surface area (Å²) in [5.74, 6) is -4.40. The summed E-state index contributed by atoms with van der Waals surface area (Å²) in [5, 5.41) is 6.94. The van der Waals surface area contributed by atoms with Crippen molar-refractivity contribution < 1.29 is 45.5 Å². The third kappa shape index (κ3) is 10.1. The highest BCUT2D eigenvalue weighted by Gasteiger charge is 2.43. The highest BCUT2D eigenvalue weighted by Crippen LogP contribution is 2.19. The van der Waals surface area contributed by atoms with Gasteiger partial charge in [-0.3, -0.25) is 10.2 Å². The lowest BCUT2D eigenvalue weighted by Gasteiger charge is -2.18. The summed E-state index contributed by atoms with van der Waals surface area (Å²) in [5.41, 5.74) is 8.16. The Labute approximate surface area is 210 Å². The molecule has 2 rings (SSSR count). The molecule has 0 bridgehead atoms. The first-order chi connectivity index (χ1) is 17.3. The summed E-state index contributed by atoms with van der Waals surface area (Å²) in [7, 11) is -4.36. The van der Waals surface area contributed by atoms with E-state index in [1.807, 2.05) is 4.72 Å². The summed E-state index contributed by atoms with van der Waals surface area (Å²) >= 11 is 0. The van der Waals surface area contributed by atoms with Crippen molar-refractivity contribution in [2.75, 3.05) is 13.2 Å². The molecule has 0 aromatic heterocycles. The number of sulfonamides is 1. The minimum atomic E-state index is -5.44. The van der Waals surface area contributed by atoms with E-state index in [9.17, 15) is 31.2 Å². The van der Waals surface area contributed by atoms with Gasteiger partial charge in [0.2, 0.25) is 16.0 Å². The van der Waals surface area contributed by atoms with Gasteiger partial charge in [0.15, 0.2) is 0 Å². The number of benzene rings is 2. The first kappa shape index (κ1) is 29.5. The fraction of sp³-hybridized carbons (Fsp3) is 0.318. The SMILES string of the molecule is Cc1cccc(S(=O)(=O)N[C@@H](Cc2ccc(OCCCONC(=N)N)cc2)C(=O)OC(=O)C(F)(F)F)c1. The molecule has 0 saturated heterocycles. The van der Waals surface area contributed by atoms with Crippen LogP contribution in [0, 0.1) is 12.3 Å². The van der Waals surface area contributed by atoms with Crippen LogP contribution in [0.5, 0.6) is 5.75 Å². The van der Waals surface area contributed by atoms with E-state index < -0.39 is 40.6 Å². The molecule has 2 aromatic rings. The number of hydrogen-bond acceptors (Lipinski definition) is 8. The highest BCUT2D eigenvalue weighted by atomic mass is 32.2. The number of ether oxygens (including phenoxy) is 2. The lowest BCUT2D eigenvalue weighted by atomic mass is 10.1. The minimum Gasteiger partial charge on any atom is -0.494 e. The normalized spacial score (nSPS) is 12.4. The highest BCUT2D eigenvalue weighted by molar-refractivity contribution is 7.89. The average Bonchev–Trinajstić information content (AvgIpc) is 2.81. The minimum absolute atomic E-state index is 0.208. The number of halogens is 3. The number of esters is 2. The molecule has 0 aliphatic heterocycles. The van der Waals surface area contributed by atoms with Crippen molar-refractivity contribution in [1.82, 2.24) is 10.2 Å². The fourth-order valence-electron chi connectivity index (χ4n) is 2.84. The summed E-state index contributed by atoms with van der Waals surface area (Å²) in [6, 6.07) is 9.73. The van der Waals surface area contributed by atoms with Gasteiger partial charge in [-0.25, -0.2) is 23.5 Å². The van der Waals surface area contributed by atoms with Crippen LogP contribution in [0.15, 0.2) is 53.4 Å². The van der Waals surface area contributed by atoms with Crippen molar-refractivity contribution in [3.8, 4) is 5.75 Å². The monoisotopic (exact) mass is 546 g/mol. The van der Waals surface area contributed by atoms with Gasteiger partial charge in [-0.1, -0.05) is 24.3 Å². The summed E-state index contributed by atoms with van der Waals surface area (Å²) in [6.45, 7) is 2.08. The van der Waals surface area contributed by atoms with Gasteiger partial charge in [0.25, 0.3) is 0 Å². The number of carbonyl (C=O) groups is 2. The molecular weight excluding hydrogens is 521 g/mol. The maximum atomic E-state index is 12.8. The van der Waals surface area contributed by atoms with Gasteiger partial charge < -0.3 is 15.2 Å². The third-order valence-corrected chi connectivity index (χ3v) is 5.98. The zero-order valence-corrected chi connectivity index (χ0v) is 20.3. The van der Waals surface area contributed by atoms with Crippen LogP contribution in [-0.4, -0.2) is 51.7 Å². The molecule has 5 N–H and O–H groups in total. The van der Waals surface area contributed by atoms with Gasteiger partial charge in [0.1, 0.15) is 11.8 Å². The van der Waals surface area contributed by atoms with E-state index in [0.717, 1.165) is 0 Å². The van der Waals surface area contributed by atoms with E-state index in [4.69, 9.17) is 20.7 Å². The predicted octanol–water partition coefficient (Wildman–Crippen LogP) is 1.70. The Hall–Kier alpha value is -3.69. The Morgan fingerprint density at radius 3 is 2.38 bits per heavy atom. The molecule has 15 heteroatoms. The van der Waals surface area contributed by atoms with Gasteiger partial charge in [0.05, 0.1) is 18.1 Å². The van der Waals surface area contributed by atoms with Crippen LogP contribution in [0.4, 0.5) is 13.2 Å². The summed E-state index contributed by atoms with van der Waals surface area (Å²) in [6.07, 6.45) is -5.41. The maximum Gasteiger partial charge on any atom is 0.491 e. The number of hydrogen-bond donors (Lipinski definition) is 4. The Kier molecular flexibility index (Phi) is 10.4. The van der Waals surface area contributed by atoms with Gasteiger partial charge in [-0.05, 0) is 48.7 Å². The number of hydroxylamine groups is 1. The molecule has 0 heterocycles. The number of carbonyl (C=O) groups excluding carboxylic acids is 2. The van der Waals surface area contributed by atoms with Crippen molar-refractivity contribution in [3.05, 3.63) is 59.7 Å². The Morgan fingerprint density at radius 1 is 1.11 bits per heavy atom. The molecule has 2 aromatic carbocycles. The van der Waals surface area contributed by atoms with Crippen LogP contribution < -0.4 is 20.7 Å².